The predicted octanol–water partition coefficient (Wildman–Crippen LogP) is 25.6. The monoisotopic (exact) mass is 1470 g/mol. The van der Waals surface area contributed by atoms with E-state index >= 15 is 0 Å². The van der Waals surface area contributed by atoms with Crippen LogP contribution in [0.1, 0.15) is 156 Å². The third kappa shape index (κ3) is 13.7. The summed E-state index contributed by atoms with van der Waals surface area (Å²) in [5.41, 5.74) is 27.2. The number of rotatable bonds is 12. The summed E-state index contributed by atoms with van der Waals surface area (Å²) >= 11 is 0. The number of furan rings is 2. The number of aromatic nitrogens is 1. The number of para-hydroxylation sites is 7. The van der Waals surface area contributed by atoms with Crippen LogP contribution in [0.2, 0.25) is 0 Å². The van der Waals surface area contributed by atoms with Crippen LogP contribution in [0.3, 0.4) is 0 Å². The fourth-order valence-electron chi connectivity index (χ4n) is 18.8. The number of pyridine rings is 1. The molecule has 0 bridgehead atoms. The first-order valence-corrected chi connectivity index (χ1v) is 39.5. The van der Waals surface area contributed by atoms with Crippen molar-refractivity contribution >= 4 is 78.1 Å². The molecule has 0 radical (unpaired) electrons. The van der Waals surface area contributed by atoms with Crippen molar-refractivity contribution in [3.8, 4) is 0 Å². The van der Waals surface area contributed by atoms with Crippen LogP contribution in [0.5, 0.6) is 0 Å². The first kappa shape index (κ1) is 76.3. The van der Waals surface area contributed by atoms with Gasteiger partial charge in [-0.2, -0.15) is 0 Å². The lowest BCUT2D eigenvalue weighted by Crippen LogP contribution is -2.49. The standard InChI is InChI=1S/C27H29N3O.C27H28N2O.C25H28N2.C21H26N2/c1-17-9-7-8-10-22(17)29-15-16-30(20(29)4)27(5,6)25-18(2)11-14-23-24(25)21-13-12-19(3)28-26(21)31-23;1-18-10-6-8-12-22(18)28-16-17-29(20(28)3)27(4,5)26-19(2)14-15-24-25(26)21-11-7-9-13-23(21)30-24;1-18-12-6-8-14-21(18)25(4,5)27-20(3)26(22-15-9-7-13-19(22)2)23-16-10-11-17-24(23)27;1-16-10-6-8-12-19(16)21(4,5)23-15-14-22(18(23)3)20-13-9-7-11-17(20)2/h7-16,20H,1-6H3;6-17,20H,1-5H3;6-17,20H,1-5H3;6-15,18H,1-5H3/t3*20-;18-/m1111/s1. The molecule has 17 rings (SSSR count). The van der Waals surface area contributed by atoms with Crippen LogP contribution >= 0.6 is 0 Å². The Bertz CT molecular complexity index is 5690. The third-order valence-electron chi connectivity index (χ3n) is 24.3. The van der Waals surface area contributed by atoms with Crippen molar-refractivity contribution in [2.24, 2.45) is 0 Å². The average molecular weight is 1470 g/mol. The molecule has 4 aliphatic heterocycles. The Hall–Kier alpha value is -11.4. The van der Waals surface area contributed by atoms with Crippen molar-refractivity contribution < 1.29 is 8.83 Å². The molecule has 11 heteroatoms. The van der Waals surface area contributed by atoms with Crippen molar-refractivity contribution in [3.63, 3.8) is 0 Å². The van der Waals surface area contributed by atoms with E-state index in [-0.39, 0.29) is 46.8 Å². The van der Waals surface area contributed by atoms with Gasteiger partial charge in [-0.15, -0.1) is 0 Å². The average Bonchev–Trinajstić information content (AvgIpc) is 1.68. The van der Waals surface area contributed by atoms with Gasteiger partial charge in [0.15, 0.2) is 0 Å². The van der Waals surface area contributed by atoms with Crippen molar-refractivity contribution in [2.45, 2.75) is 192 Å². The Morgan fingerprint density at radius 2 is 0.640 bits per heavy atom. The molecule has 3 aromatic heterocycles. The Morgan fingerprint density at radius 1 is 0.279 bits per heavy atom. The number of hydrogen-bond acceptors (Lipinski definition) is 11. The Labute approximate surface area is 659 Å². The molecule has 7 heterocycles. The van der Waals surface area contributed by atoms with Gasteiger partial charge in [-0.3, -0.25) is 0 Å². The minimum Gasteiger partial charge on any atom is -0.456 e. The zero-order chi connectivity index (χ0) is 78.8. The van der Waals surface area contributed by atoms with E-state index in [1.165, 1.54) is 117 Å². The van der Waals surface area contributed by atoms with Crippen molar-refractivity contribution in [1.29, 1.82) is 0 Å². The molecule has 10 aromatic carbocycles. The van der Waals surface area contributed by atoms with Crippen LogP contribution in [-0.2, 0) is 22.2 Å². The molecular formula is C100H111N9O2. The van der Waals surface area contributed by atoms with Crippen LogP contribution in [-0.4, -0.2) is 44.3 Å². The van der Waals surface area contributed by atoms with Crippen LogP contribution < -0.4 is 24.5 Å². The van der Waals surface area contributed by atoms with Crippen molar-refractivity contribution in [1.82, 2.24) is 19.7 Å². The number of anilines is 6. The largest absolute Gasteiger partial charge is 0.456 e. The molecule has 13 aromatic rings. The fourth-order valence-corrected chi connectivity index (χ4v) is 18.8. The molecule has 111 heavy (non-hydrogen) atoms. The zero-order valence-electron chi connectivity index (χ0n) is 69.1. The van der Waals surface area contributed by atoms with Crippen LogP contribution in [0.15, 0.2) is 277 Å². The van der Waals surface area contributed by atoms with Crippen molar-refractivity contribution in [3.05, 3.63) is 340 Å². The van der Waals surface area contributed by atoms with Gasteiger partial charge in [0.2, 0.25) is 5.71 Å². The Morgan fingerprint density at radius 3 is 1.09 bits per heavy atom. The van der Waals surface area contributed by atoms with E-state index in [9.17, 15) is 0 Å². The van der Waals surface area contributed by atoms with Crippen molar-refractivity contribution in [2.75, 3.05) is 24.5 Å². The van der Waals surface area contributed by atoms with Gasteiger partial charge in [0.05, 0.1) is 33.5 Å². The molecule has 0 aliphatic carbocycles. The molecule has 0 amide bonds. The quantitative estimate of drug-likeness (QED) is 0.118. The lowest BCUT2D eigenvalue weighted by molar-refractivity contribution is 0.152. The van der Waals surface area contributed by atoms with E-state index in [4.69, 9.17) is 8.83 Å². The summed E-state index contributed by atoms with van der Waals surface area (Å²) in [6.07, 6.45) is 14.2. The lowest BCUT2D eigenvalue weighted by atomic mass is 9.85. The number of benzene rings is 10. The number of aryl methyl sites for hydroxylation is 9. The maximum absolute atomic E-state index is 6.19. The van der Waals surface area contributed by atoms with E-state index in [0.717, 1.165) is 27.8 Å². The Kier molecular flexibility index (Phi) is 20.7. The minimum atomic E-state index is -0.251. The van der Waals surface area contributed by atoms with Crippen LogP contribution in [0.4, 0.5) is 34.1 Å². The molecule has 11 nitrogen and oxygen atoms in total. The van der Waals surface area contributed by atoms with Gasteiger partial charge in [-0.25, -0.2) is 4.98 Å². The molecule has 0 saturated carbocycles. The van der Waals surface area contributed by atoms with Crippen LogP contribution in [0.25, 0.3) is 44.0 Å². The molecule has 0 N–H and O–H groups in total. The summed E-state index contributed by atoms with van der Waals surface area (Å²) in [5, 5.41) is 4.66. The van der Waals surface area contributed by atoms with Gasteiger partial charge < -0.3 is 48.0 Å². The second-order valence-electron chi connectivity index (χ2n) is 32.9. The van der Waals surface area contributed by atoms with Gasteiger partial charge in [-0.05, 0) is 279 Å². The molecule has 568 valence electrons. The highest BCUT2D eigenvalue weighted by Gasteiger charge is 2.45. The molecule has 0 saturated heterocycles. The van der Waals surface area contributed by atoms with E-state index in [1.807, 2.05) is 13.0 Å². The maximum Gasteiger partial charge on any atom is 0.227 e. The van der Waals surface area contributed by atoms with E-state index in [1.54, 1.807) is 0 Å². The number of fused-ring (bicyclic) bond motifs is 7. The summed E-state index contributed by atoms with van der Waals surface area (Å²) in [6, 6.07) is 81.7. The summed E-state index contributed by atoms with van der Waals surface area (Å²) in [5.74, 6) is 0. The highest BCUT2D eigenvalue weighted by Crippen LogP contribution is 2.52. The molecule has 0 spiro atoms. The second-order valence-corrected chi connectivity index (χ2v) is 32.9. The molecule has 0 unspecified atom stereocenters. The SMILES string of the molecule is Cc1ccc2c(n1)oc1ccc(C)c(C(C)(C)N3C=CN(c4ccccc4C)[C@H]3C)c12.Cc1ccccc1N1C=CN(C(C)(C)c2c(C)ccc3oc4ccccc4c23)[C@@H]1C.Cc1ccccc1N1C=CN(C(C)(C)c2ccccc2C)[C@@H]1C.Cc1ccccc1N1c2ccccc2N(C(C)(C)c2ccccc2C)[C@@H]1C. The topological polar surface area (TPSA) is 65.1 Å². The maximum atomic E-state index is 6.19. The highest BCUT2D eigenvalue weighted by atomic mass is 16.3. The molecule has 4 aliphatic rings. The Balaban J connectivity index is 0.000000124. The minimum absolute atomic E-state index is 0.0569. The normalized spacial score (nSPS) is 17.0. The van der Waals surface area contributed by atoms with Crippen LogP contribution in [0, 0.1) is 62.3 Å². The zero-order valence-corrected chi connectivity index (χ0v) is 69.1. The first-order valence-electron chi connectivity index (χ1n) is 39.5. The van der Waals surface area contributed by atoms with E-state index in [2.05, 4.69) is 444 Å². The van der Waals surface area contributed by atoms with Gasteiger partial charge >= 0.3 is 0 Å². The number of nitrogens with zero attached hydrogens (tertiary/aromatic N) is 9. The van der Waals surface area contributed by atoms with E-state index in [0.29, 0.717) is 5.71 Å². The lowest BCUT2D eigenvalue weighted by Gasteiger charge is -2.43. The number of hydrogen-bond donors (Lipinski definition) is 0. The van der Waals surface area contributed by atoms with E-state index < -0.39 is 0 Å². The predicted molar refractivity (Wildman–Crippen MR) is 468 cm³/mol. The van der Waals surface area contributed by atoms with Gasteiger partial charge in [-0.1, -0.05) is 164 Å². The fraction of sp³-hybridized carbons (Fsp3) is 0.290. The summed E-state index contributed by atoms with van der Waals surface area (Å²) in [4.78, 5) is 24.1. The third-order valence-corrected chi connectivity index (χ3v) is 24.3. The first-order chi connectivity index (χ1) is 53.0. The van der Waals surface area contributed by atoms with Gasteiger partial charge in [0, 0.05) is 87.2 Å². The molecule has 4 atom stereocenters. The molecular weight excluding hydrogens is 1360 g/mol. The summed E-state index contributed by atoms with van der Waals surface area (Å²) in [7, 11) is 0. The smallest absolute Gasteiger partial charge is 0.227 e. The summed E-state index contributed by atoms with van der Waals surface area (Å²) in [6.45, 7) is 47.2. The second kappa shape index (κ2) is 30.1. The van der Waals surface area contributed by atoms with Gasteiger partial charge in [0.25, 0.3) is 0 Å². The van der Waals surface area contributed by atoms with Gasteiger partial charge in [0.1, 0.15) is 41.4 Å². The highest BCUT2D eigenvalue weighted by molar-refractivity contribution is 6.08. The molecule has 0 fully saturated rings. The summed E-state index contributed by atoms with van der Waals surface area (Å²) < 4.78 is 12.4.